The van der Waals surface area contributed by atoms with E-state index in [9.17, 15) is 9.90 Å². The van der Waals surface area contributed by atoms with E-state index in [4.69, 9.17) is 4.74 Å². The topological polar surface area (TPSA) is 62.7 Å². The number of carbonyl (C=O) groups excluding carboxylic acids is 1. The Morgan fingerprint density at radius 3 is 2.70 bits per heavy atom. The minimum absolute atomic E-state index is 0.00830. The van der Waals surface area contributed by atoms with Crippen LogP contribution in [0.25, 0.3) is 0 Å². The molecule has 0 radical (unpaired) electrons. The molecule has 6 heteroatoms. The van der Waals surface area contributed by atoms with Gasteiger partial charge in [-0.25, -0.2) is 4.79 Å². The Morgan fingerprint density at radius 2 is 2.09 bits per heavy atom. The zero-order valence-electron chi connectivity index (χ0n) is 13.8. The lowest BCUT2D eigenvalue weighted by Crippen LogP contribution is -2.58. The van der Waals surface area contributed by atoms with Crippen LogP contribution >= 0.6 is 15.9 Å². The molecule has 126 valence electrons. The highest BCUT2D eigenvalue weighted by Gasteiger charge is 2.56. The number of ether oxygens (including phenoxy) is 1. The van der Waals surface area contributed by atoms with Gasteiger partial charge in [0.1, 0.15) is 5.60 Å². The molecule has 1 atom stereocenters. The average Bonchev–Trinajstić information content (AvgIpc) is 2.75. The summed E-state index contributed by atoms with van der Waals surface area (Å²) in [6.07, 6.45) is 5.45. The van der Waals surface area contributed by atoms with Gasteiger partial charge >= 0.3 is 6.09 Å². The Kier molecular flexibility index (Phi) is 3.96. The van der Waals surface area contributed by atoms with Crippen LogP contribution < -0.4 is 0 Å². The van der Waals surface area contributed by atoms with Gasteiger partial charge in [-0.05, 0) is 62.0 Å². The van der Waals surface area contributed by atoms with Gasteiger partial charge < -0.3 is 14.7 Å². The first-order valence-electron chi connectivity index (χ1n) is 7.93. The van der Waals surface area contributed by atoms with Gasteiger partial charge in [-0.1, -0.05) is 0 Å². The van der Waals surface area contributed by atoms with E-state index in [2.05, 4.69) is 20.9 Å². The van der Waals surface area contributed by atoms with Crippen LogP contribution in [0.2, 0.25) is 0 Å². The van der Waals surface area contributed by atoms with Crippen molar-refractivity contribution in [2.24, 2.45) is 5.41 Å². The van der Waals surface area contributed by atoms with Gasteiger partial charge in [0.2, 0.25) is 0 Å². The minimum Gasteiger partial charge on any atom is -0.444 e. The highest BCUT2D eigenvalue weighted by molar-refractivity contribution is 9.10. The fourth-order valence-corrected chi connectivity index (χ4v) is 4.36. The summed E-state index contributed by atoms with van der Waals surface area (Å²) in [5.74, 6) is 0. The Morgan fingerprint density at radius 1 is 1.39 bits per heavy atom. The molecule has 23 heavy (non-hydrogen) atoms. The lowest BCUT2D eigenvalue weighted by Gasteiger charge is -2.48. The quantitative estimate of drug-likeness (QED) is 0.807. The monoisotopic (exact) mass is 382 g/mol. The number of aromatic nitrogens is 1. The molecule has 1 aliphatic carbocycles. The molecule has 2 heterocycles. The number of halogens is 1. The van der Waals surface area contributed by atoms with Gasteiger partial charge in [-0.3, -0.25) is 4.98 Å². The zero-order chi connectivity index (χ0) is 16.9. The average molecular weight is 383 g/mol. The predicted molar refractivity (Wildman–Crippen MR) is 89.9 cm³/mol. The van der Waals surface area contributed by atoms with Crippen LogP contribution in [0.3, 0.4) is 0 Å². The van der Waals surface area contributed by atoms with E-state index in [-0.39, 0.29) is 11.5 Å². The lowest BCUT2D eigenvalue weighted by atomic mass is 9.76. The Labute approximate surface area is 145 Å². The molecule has 1 aromatic rings. The molecule has 1 unspecified atom stereocenters. The van der Waals surface area contributed by atoms with Gasteiger partial charge in [0, 0.05) is 40.9 Å². The van der Waals surface area contributed by atoms with Gasteiger partial charge in [-0.15, -0.1) is 0 Å². The molecule has 1 saturated carbocycles. The van der Waals surface area contributed by atoms with Crippen LogP contribution in [-0.2, 0) is 10.3 Å². The third-order valence-electron chi connectivity index (χ3n) is 4.71. The first kappa shape index (κ1) is 16.7. The number of amides is 1. The lowest BCUT2D eigenvalue weighted by molar-refractivity contribution is -0.0479. The maximum Gasteiger partial charge on any atom is 0.410 e. The number of aliphatic hydroxyl groups is 1. The number of likely N-dealkylation sites (tertiary alicyclic amines) is 1. The Hall–Kier alpha value is -1.14. The van der Waals surface area contributed by atoms with Gasteiger partial charge in [0.25, 0.3) is 0 Å². The predicted octanol–water partition coefficient (Wildman–Crippen LogP) is 3.45. The SMILES string of the molecule is CC(C)(C)OC(=O)N1CC2(CCC(O)(c3ccncc3Br)C2)C1. The van der Waals surface area contributed by atoms with Gasteiger partial charge in [-0.2, -0.15) is 0 Å². The largest absolute Gasteiger partial charge is 0.444 e. The van der Waals surface area contributed by atoms with E-state index >= 15 is 0 Å². The maximum absolute atomic E-state index is 12.1. The van der Waals surface area contributed by atoms with E-state index in [0.717, 1.165) is 16.5 Å². The summed E-state index contributed by atoms with van der Waals surface area (Å²) in [4.78, 5) is 17.9. The van der Waals surface area contributed by atoms with Crippen LogP contribution in [0, 0.1) is 5.41 Å². The molecule has 5 nitrogen and oxygen atoms in total. The molecular weight excluding hydrogens is 360 g/mol. The van der Waals surface area contributed by atoms with Crippen molar-refractivity contribution in [2.75, 3.05) is 13.1 Å². The number of nitrogens with zero attached hydrogens (tertiary/aromatic N) is 2. The van der Waals surface area contributed by atoms with Crippen LogP contribution in [0.4, 0.5) is 4.79 Å². The summed E-state index contributed by atoms with van der Waals surface area (Å²) >= 11 is 3.48. The molecule has 1 spiro atoms. The van der Waals surface area contributed by atoms with Crippen LogP contribution in [-0.4, -0.2) is 39.8 Å². The third kappa shape index (κ3) is 3.24. The summed E-state index contributed by atoms with van der Waals surface area (Å²) in [5, 5.41) is 11.1. The van der Waals surface area contributed by atoms with Crippen LogP contribution in [0.15, 0.2) is 22.9 Å². The molecule has 1 aliphatic heterocycles. The first-order valence-corrected chi connectivity index (χ1v) is 8.72. The molecule has 0 aromatic carbocycles. The number of rotatable bonds is 1. The molecule has 1 aromatic heterocycles. The number of pyridine rings is 1. The second-order valence-electron chi connectivity index (χ2n) is 7.90. The van der Waals surface area contributed by atoms with Crippen molar-refractivity contribution in [1.82, 2.24) is 9.88 Å². The van der Waals surface area contributed by atoms with Crippen molar-refractivity contribution in [3.63, 3.8) is 0 Å². The first-order chi connectivity index (χ1) is 10.6. The van der Waals surface area contributed by atoms with Gasteiger partial charge in [0.15, 0.2) is 0 Å². The molecule has 1 saturated heterocycles. The molecule has 0 bridgehead atoms. The normalized spacial score (nSPS) is 26.2. The van der Waals surface area contributed by atoms with Crippen molar-refractivity contribution in [1.29, 1.82) is 0 Å². The fourth-order valence-electron chi connectivity index (χ4n) is 3.74. The van der Waals surface area contributed by atoms with E-state index in [1.54, 1.807) is 17.3 Å². The highest BCUT2D eigenvalue weighted by atomic mass is 79.9. The second kappa shape index (κ2) is 5.45. The van der Waals surface area contributed by atoms with Crippen molar-refractivity contribution < 1.29 is 14.6 Å². The van der Waals surface area contributed by atoms with E-state index in [1.165, 1.54) is 0 Å². The van der Waals surface area contributed by atoms with E-state index in [0.29, 0.717) is 25.9 Å². The number of hydrogen-bond acceptors (Lipinski definition) is 4. The summed E-state index contributed by atoms with van der Waals surface area (Å²) in [6.45, 7) is 6.93. The molecule has 2 fully saturated rings. The van der Waals surface area contributed by atoms with E-state index < -0.39 is 11.2 Å². The molecule has 2 aliphatic rings. The Balaban J connectivity index is 1.66. The summed E-state index contributed by atoms with van der Waals surface area (Å²) in [7, 11) is 0. The zero-order valence-corrected chi connectivity index (χ0v) is 15.4. The standard InChI is InChI=1S/C17H23BrN2O3/c1-15(2,3)23-14(21)20-10-16(11-20)5-6-17(22,9-16)12-4-7-19-8-13(12)18/h4,7-8,22H,5-6,9-11H2,1-3H3. The van der Waals surface area contributed by atoms with Crippen LogP contribution in [0.5, 0.6) is 0 Å². The fraction of sp³-hybridized carbons (Fsp3) is 0.647. The third-order valence-corrected chi connectivity index (χ3v) is 5.35. The van der Waals surface area contributed by atoms with Gasteiger partial charge in [0.05, 0.1) is 5.60 Å². The number of carbonyl (C=O) groups is 1. The van der Waals surface area contributed by atoms with E-state index in [1.807, 2.05) is 26.8 Å². The smallest absolute Gasteiger partial charge is 0.410 e. The highest BCUT2D eigenvalue weighted by Crippen LogP contribution is 2.54. The minimum atomic E-state index is -0.845. The summed E-state index contributed by atoms with van der Waals surface area (Å²) < 4.78 is 6.24. The van der Waals surface area contributed by atoms with Crippen molar-refractivity contribution in [2.45, 2.75) is 51.2 Å². The van der Waals surface area contributed by atoms with Crippen molar-refractivity contribution >= 4 is 22.0 Å². The Bertz CT molecular complexity index is 623. The summed E-state index contributed by atoms with van der Waals surface area (Å²) in [6, 6.07) is 1.87. The maximum atomic E-state index is 12.1. The molecule has 3 rings (SSSR count). The van der Waals surface area contributed by atoms with Crippen molar-refractivity contribution in [3.8, 4) is 0 Å². The molecule has 1 N–H and O–H groups in total. The van der Waals surface area contributed by atoms with Crippen molar-refractivity contribution in [3.05, 3.63) is 28.5 Å². The second-order valence-corrected chi connectivity index (χ2v) is 8.75. The molecular formula is C17H23BrN2O3. The molecule has 1 amide bonds. The number of hydrogen-bond donors (Lipinski definition) is 1. The van der Waals surface area contributed by atoms with Crippen LogP contribution in [0.1, 0.15) is 45.6 Å². The summed E-state index contributed by atoms with van der Waals surface area (Å²) in [5.41, 5.74) is -0.422.